The van der Waals surface area contributed by atoms with Crippen LogP contribution in [0.25, 0.3) is 0 Å². The van der Waals surface area contributed by atoms with Crippen LogP contribution in [0.5, 0.6) is 0 Å². The first kappa shape index (κ1) is 15.0. The third-order valence-corrected chi connectivity index (χ3v) is 3.10. The summed E-state index contributed by atoms with van der Waals surface area (Å²) in [5.74, 6) is 5.92. The van der Waals surface area contributed by atoms with Gasteiger partial charge in [-0.05, 0) is 36.0 Å². The lowest BCUT2D eigenvalue weighted by Crippen LogP contribution is -1.98. The molecule has 0 saturated heterocycles. The maximum atomic E-state index is 12.1. The molecule has 0 radical (unpaired) electrons. The van der Waals surface area contributed by atoms with E-state index in [1.54, 1.807) is 0 Å². The van der Waals surface area contributed by atoms with Crippen LogP contribution in [0.1, 0.15) is 12.5 Å². The molecule has 18 heavy (non-hydrogen) atoms. The summed E-state index contributed by atoms with van der Waals surface area (Å²) in [4.78, 5) is 10.7. The SMILES string of the molecule is CC(=O)SCC#Cc1ccc(SC(F)(F)F)cc1. The summed E-state index contributed by atoms with van der Waals surface area (Å²) in [5.41, 5.74) is -3.64. The Balaban J connectivity index is 2.57. The van der Waals surface area contributed by atoms with E-state index in [2.05, 4.69) is 11.8 Å². The molecule has 0 aromatic heterocycles. The standard InChI is InChI=1S/C12H9F3OS2/c1-9(16)17-8-2-3-10-4-6-11(7-5-10)18-12(13,14)15/h4-7H,8H2,1H3. The monoisotopic (exact) mass is 290 g/mol. The van der Waals surface area contributed by atoms with Crippen LogP contribution < -0.4 is 0 Å². The molecular formula is C12H9F3OS2. The van der Waals surface area contributed by atoms with Crippen LogP contribution in [0.15, 0.2) is 29.2 Å². The van der Waals surface area contributed by atoms with Crippen molar-refractivity contribution in [1.82, 2.24) is 0 Å². The van der Waals surface area contributed by atoms with Gasteiger partial charge in [-0.25, -0.2) is 0 Å². The number of hydrogen-bond donors (Lipinski definition) is 0. The first-order valence-electron chi connectivity index (χ1n) is 4.85. The molecule has 0 N–H and O–H groups in total. The van der Waals surface area contributed by atoms with Crippen molar-refractivity contribution in [2.75, 3.05) is 5.75 Å². The maximum Gasteiger partial charge on any atom is 0.446 e. The van der Waals surface area contributed by atoms with Crippen LogP contribution >= 0.6 is 23.5 Å². The first-order valence-corrected chi connectivity index (χ1v) is 6.65. The lowest BCUT2D eigenvalue weighted by Gasteiger charge is -2.04. The number of halogens is 3. The summed E-state index contributed by atoms with van der Waals surface area (Å²) in [6.45, 7) is 1.45. The van der Waals surface area contributed by atoms with Crippen LogP contribution in [0.4, 0.5) is 13.2 Å². The number of alkyl halides is 3. The number of carbonyl (C=O) groups excluding carboxylic acids is 1. The topological polar surface area (TPSA) is 17.1 Å². The van der Waals surface area contributed by atoms with E-state index >= 15 is 0 Å². The van der Waals surface area contributed by atoms with Gasteiger partial charge in [0.2, 0.25) is 0 Å². The van der Waals surface area contributed by atoms with Crippen LogP contribution in [0, 0.1) is 11.8 Å². The van der Waals surface area contributed by atoms with Crippen molar-refractivity contribution in [2.24, 2.45) is 0 Å². The van der Waals surface area contributed by atoms with E-state index in [0.29, 0.717) is 11.3 Å². The molecule has 0 amide bonds. The van der Waals surface area contributed by atoms with Crippen molar-refractivity contribution in [3.8, 4) is 11.8 Å². The fourth-order valence-electron chi connectivity index (χ4n) is 1.02. The molecule has 0 heterocycles. The Morgan fingerprint density at radius 1 is 1.28 bits per heavy atom. The third-order valence-electron chi connectivity index (χ3n) is 1.67. The normalized spacial score (nSPS) is 10.7. The Hall–Kier alpha value is -1.06. The van der Waals surface area contributed by atoms with E-state index in [4.69, 9.17) is 0 Å². The van der Waals surface area contributed by atoms with Crippen LogP contribution in [-0.4, -0.2) is 16.4 Å². The second kappa shape index (κ2) is 6.76. The predicted molar refractivity (Wildman–Crippen MR) is 68.4 cm³/mol. The molecule has 0 aliphatic heterocycles. The van der Waals surface area contributed by atoms with E-state index in [1.165, 1.54) is 31.2 Å². The van der Waals surface area contributed by atoms with Gasteiger partial charge in [-0.15, -0.1) is 0 Å². The lowest BCUT2D eigenvalue weighted by atomic mass is 10.2. The largest absolute Gasteiger partial charge is 0.446 e. The lowest BCUT2D eigenvalue weighted by molar-refractivity contribution is -0.109. The fraction of sp³-hybridized carbons (Fsp3) is 0.250. The second-order valence-corrected chi connectivity index (χ2v) is 5.44. The highest BCUT2D eigenvalue weighted by molar-refractivity contribution is 8.13. The number of thioether (sulfide) groups is 2. The first-order chi connectivity index (χ1) is 8.37. The highest BCUT2D eigenvalue weighted by Crippen LogP contribution is 2.36. The van der Waals surface area contributed by atoms with Crippen LogP contribution in [0.2, 0.25) is 0 Å². The molecule has 0 spiro atoms. The molecule has 0 saturated carbocycles. The van der Waals surface area contributed by atoms with Gasteiger partial charge >= 0.3 is 5.51 Å². The summed E-state index contributed by atoms with van der Waals surface area (Å²) in [7, 11) is 0. The van der Waals surface area contributed by atoms with E-state index in [-0.39, 0.29) is 21.8 Å². The zero-order chi connectivity index (χ0) is 13.6. The van der Waals surface area contributed by atoms with Crippen molar-refractivity contribution >= 4 is 28.6 Å². The third kappa shape index (κ3) is 6.62. The zero-order valence-electron chi connectivity index (χ0n) is 9.38. The smallest absolute Gasteiger partial charge is 0.288 e. The molecule has 1 rings (SSSR count). The summed E-state index contributed by atoms with van der Waals surface area (Å²) < 4.78 is 36.2. The summed E-state index contributed by atoms with van der Waals surface area (Å²) >= 11 is 0.941. The Morgan fingerprint density at radius 2 is 1.89 bits per heavy atom. The average molecular weight is 290 g/mol. The second-order valence-electron chi connectivity index (χ2n) is 3.15. The van der Waals surface area contributed by atoms with Gasteiger partial charge in [0.05, 0.1) is 5.75 Å². The summed E-state index contributed by atoms with van der Waals surface area (Å²) in [6, 6.07) is 5.81. The van der Waals surface area contributed by atoms with Gasteiger partial charge < -0.3 is 0 Å². The molecule has 1 aromatic carbocycles. The average Bonchev–Trinajstić information content (AvgIpc) is 2.24. The highest BCUT2D eigenvalue weighted by Gasteiger charge is 2.28. The molecule has 0 aliphatic rings. The van der Waals surface area contributed by atoms with Gasteiger partial charge in [-0.3, -0.25) is 4.79 Å². The minimum atomic E-state index is -4.27. The van der Waals surface area contributed by atoms with Crippen LogP contribution in [0.3, 0.4) is 0 Å². The number of rotatable bonds is 2. The van der Waals surface area contributed by atoms with E-state index < -0.39 is 5.51 Å². The maximum absolute atomic E-state index is 12.1. The Labute approximate surface area is 112 Å². The highest BCUT2D eigenvalue weighted by atomic mass is 32.2. The molecule has 0 bridgehead atoms. The number of hydrogen-bond acceptors (Lipinski definition) is 3. The van der Waals surface area contributed by atoms with E-state index in [0.717, 1.165) is 11.8 Å². The zero-order valence-corrected chi connectivity index (χ0v) is 11.0. The molecule has 0 aliphatic carbocycles. The Kier molecular flexibility index (Phi) is 5.63. The van der Waals surface area contributed by atoms with Crippen molar-refractivity contribution < 1.29 is 18.0 Å². The molecule has 6 heteroatoms. The van der Waals surface area contributed by atoms with Gasteiger partial charge in [-0.1, -0.05) is 23.6 Å². The van der Waals surface area contributed by atoms with Crippen molar-refractivity contribution in [3.63, 3.8) is 0 Å². The van der Waals surface area contributed by atoms with Gasteiger partial charge in [0.15, 0.2) is 5.12 Å². The molecular weight excluding hydrogens is 281 g/mol. The molecule has 0 fully saturated rings. The molecule has 0 unspecified atom stereocenters. The van der Waals surface area contributed by atoms with Crippen molar-refractivity contribution in [1.29, 1.82) is 0 Å². The molecule has 1 aromatic rings. The van der Waals surface area contributed by atoms with Gasteiger partial charge in [-0.2, -0.15) is 13.2 Å². The number of carbonyl (C=O) groups is 1. The summed E-state index contributed by atoms with van der Waals surface area (Å²) in [6.07, 6.45) is 0. The molecule has 0 atom stereocenters. The van der Waals surface area contributed by atoms with E-state index in [1.807, 2.05) is 0 Å². The quantitative estimate of drug-likeness (QED) is 0.607. The summed E-state index contributed by atoms with van der Waals surface area (Å²) in [5, 5.41) is -0.0128. The van der Waals surface area contributed by atoms with E-state index in [9.17, 15) is 18.0 Å². The van der Waals surface area contributed by atoms with Gasteiger partial charge in [0, 0.05) is 17.4 Å². The Morgan fingerprint density at radius 3 is 2.39 bits per heavy atom. The van der Waals surface area contributed by atoms with Crippen molar-refractivity contribution in [2.45, 2.75) is 17.3 Å². The van der Waals surface area contributed by atoms with Crippen LogP contribution in [-0.2, 0) is 4.79 Å². The minimum Gasteiger partial charge on any atom is -0.288 e. The van der Waals surface area contributed by atoms with Gasteiger partial charge in [0.1, 0.15) is 0 Å². The molecule has 1 nitrogen and oxygen atoms in total. The fourth-order valence-corrected chi connectivity index (χ4v) is 1.90. The molecule has 96 valence electrons. The minimum absolute atomic E-state index is 0.0128. The van der Waals surface area contributed by atoms with Crippen molar-refractivity contribution in [3.05, 3.63) is 29.8 Å². The Bertz CT molecular complexity index is 469. The number of benzene rings is 1. The predicted octanol–water partition coefficient (Wildman–Crippen LogP) is 3.93. The van der Waals surface area contributed by atoms with Gasteiger partial charge in [0.25, 0.3) is 0 Å².